The van der Waals surface area contributed by atoms with Gasteiger partial charge in [0.25, 0.3) is 0 Å². The minimum absolute atomic E-state index is 0.225. The first-order valence-corrected chi connectivity index (χ1v) is 11.0. The normalized spacial score (nSPS) is 19.9. The van der Waals surface area contributed by atoms with E-state index in [1.54, 1.807) is 4.90 Å². The number of rotatable bonds is 6. The molecular weight excluding hydrogens is 366 g/mol. The average molecular weight is 404 g/mol. The maximum absolute atomic E-state index is 12.9. The van der Waals surface area contributed by atoms with Crippen molar-refractivity contribution in [2.75, 3.05) is 20.6 Å². The van der Waals surface area contributed by atoms with Crippen molar-refractivity contribution in [3.63, 3.8) is 0 Å². The lowest BCUT2D eigenvalue weighted by molar-refractivity contribution is -0.138. The molecule has 0 aromatic carbocycles. The van der Waals surface area contributed by atoms with E-state index in [0.29, 0.717) is 19.1 Å². The highest BCUT2D eigenvalue weighted by atomic mass is 16.2. The van der Waals surface area contributed by atoms with Crippen molar-refractivity contribution in [3.8, 4) is 0 Å². The van der Waals surface area contributed by atoms with Gasteiger partial charge in [-0.25, -0.2) is 4.99 Å². The topological polar surface area (TPSA) is 87.4 Å². The number of hydrogen-bond acceptors (Lipinski definition) is 4. The van der Waals surface area contributed by atoms with Crippen LogP contribution in [0.1, 0.15) is 69.4 Å². The molecule has 162 valence electrons. The van der Waals surface area contributed by atoms with Crippen LogP contribution in [0.5, 0.6) is 0 Å². The number of guanidine groups is 1. The maximum Gasteiger partial charge on any atom is 0.230 e. The van der Waals surface area contributed by atoms with E-state index in [0.717, 1.165) is 43.3 Å². The van der Waals surface area contributed by atoms with E-state index in [1.807, 2.05) is 32.6 Å². The van der Waals surface area contributed by atoms with Crippen LogP contribution in [-0.4, -0.2) is 58.2 Å². The van der Waals surface area contributed by atoms with Gasteiger partial charge in [-0.1, -0.05) is 32.1 Å². The molecule has 29 heavy (non-hydrogen) atoms. The Morgan fingerprint density at radius 1 is 1.17 bits per heavy atom. The minimum atomic E-state index is -0.320. The van der Waals surface area contributed by atoms with Crippen LogP contribution < -0.4 is 10.6 Å². The summed E-state index contributed by atoms with van der Waals surface area (Å²) in [6.07, 6.45) is 10.3. The van der Waals surface area contributed by atoms with Crippen LogP contribution in [0.2, 0.25) is 0 Å². The lowest BCUT2D eigenvalue weighted by Gasteiger charge is -2.32. The molecule has 1 amide bonds. The summed E-state index contributed by atoms with van der Waals surface area (Å²) in [6.45, 7) is 3.03. The van der Waals surface area contributed by atoms with Crippen molar-refractivity contribution < 1.29 is 4.79 Å². The van der Waals surface area contributed by atoms with Gasteiger partial charge in [-0.3, -0.25) is 4.79 Å². The van der Waals surface area contributed by atoms with Crippen LogP contribution in [0.4, 0.5) is 0 Å². The molecule has 0 unspecified atom stereocenters. The third-order valence-corrected chi connectivity index (χ3v) is 6.52. The fourth-order valence-electron chi connectivity index (χ4n) is 4.58. The molecule has 8 nitrogen and oxygen atoms in total. The molecule has 1 aromatic heterocycles. The molecule has 0 spiro atoms. The third kappa shape index (κ3) is 5.28. The number of carbonyl (C=O) groups excluding carboxylic acids is 1. The van der Waals surface area contributed by atoms with Crippen LogP contribution >= 0.6 is 0 Å². The first kappa shape index (κ1) is 21.6. The molecule has 0 atom stereocenters. The second-order valence-corrected chi connectivity index (χ2v) is 8.91. The molecule has 2 aliphatic rings. The monoisotopic (exact) mass is 403 g/mol. The summed E-state index contributed by atoms with van der Waals surface area (Å²) in [5.74, 6) is 2.73. The zero-order valence-corrected chi connectivity index (χ0v) is 18.5. The quantitative estimate of drug-likeness (QED) is 0.561. The lowest BCUT2D eigenvalue weighted by Crippen LogP contribution is -2.51. The molecule has 0 bridgehead atoms. The van der Waals surface area contributed by atoms with Crippen molar-refractivity contribution in [2.45, 2.75) is 77.3 Å². The molecule has 2 aliphatic carbocycles. The molecule has 2 N–H and O–H groups in total. The molecule has 2 saturated carbocycles. The molecule has 1 aromatic rings. The van der Waals surface area contributed by atoms with E-state index in [2.05, 4.69) is 20.8 Å². The summed E-state index contributed by atoms with van der Waals surface area (Å²) in [4.78, 5) is 19.4. The highest BCUT2D eigenvalue weighted by Gasteiger charge is 2.42. The number of carbonyl (C=O) groups is 1. The van der Waals surface area contributed by atoms with Crippen molar-refractivity contribution in [2.24, 2.45) is 17.5 Å². The Bertz CT molecular complexity index is 713. The van der Waals surface area contributed by atoms with Crippen molar-refractivity contribution in [1.29, 1.82) is 0 Å². The van der Waals surface area contributed by atoms with Crippen molar-refractivity contribution in [3.05, 3.63) is 11.6 Å². The highest BCUT2D eigenvalue weighted by molar-refractivity contribution is 5.85. The fourth-order valence-corrected chi connectivity index (χ4v) is 4.58. The van der Waals surface area contributed by atoms with Gasteiger partial charge in [0.1, 0.15) is 12.4 Å². The number of aliphatic imine (C=N–C) groups is 1. The Kier molecular flexibility index (Phi) is 7.14. The molecule has 0 saturated heterocycles. The van der Waals surface area contributed by atoms with E-state index >= 15 is 0 Å². The third-order valence-electron chi connectivity index (χ3n) is 6.52. The van der Waals surface area contributed by atoms with E-state index in [9.17, 15) is 4.79 Å². The number of amides is 1. The van der Waals surface area contributed by atoms with Gasteiger partial charge in [0.15, 0.2) is 11.8 Å². The largest absolute Gasteiger partial charge is 0.355 e. The first-order chi connectivity index (χ1) is 13.9. The molecule has 3 rings (SSSR count). The summed E-state index contributed by atoms with van der Waals surface area (Å²) < 4.78 is 1.97. The first-order valence-electron chi connectivity index (χ1n) is 11.0. The van der Waals surface area contributed by atoms with Crippen LogP contribution in [0.25, 0.3) is 0 Å². The van der Waals surface area contributed by atoms with Crippen molar-refractivity contribution >= 4 is 11.9 Å². The average Bonchev–Trinajstić information content (AvgIpc) is 3.32. The summed E-state index contributed by atoms with van der Waals surface area (Å²) in [5.41, 5.74) is -0.320. The van der Waals surface area contributed by atoms with Gasteiger partial charge < -0.3 is 20.1 Å². The van der Waals surface area contributed by atoms with Gasteiger partial charge >= 0.3 is 0 Å². The van der Waals surface area contributed by atoms with Gasteiger partial charge in [-0.05, 0) is 32.6 Å². The predicted octanol–water partition coefficient (Wildman–Crippen LogP) is 2.14. The van der Waals surface area contributed by atoms with Gasteiger partial charge in [0, 0.05) is 33.7 Å². The highest BCUT2D eigenvalue weighted by Crippen LogP contribution is 2.38. The molecule has 1 heterocycles. The molecule has 2 fully saturated rings. The van der Waals surface area contributed by atoms with E-state index in [1.165, 1.54) is 32.1 Å². The number of aromatic nitrogens is 3. The number of nitrogens with zero attached hydrogens (tertiary/aromatic N) is 5. The Balaban J connectivity index is 1.72. The van der Waals surface area contributed by atoms with Gasteiger partial charge in [-0.2, -0.15) is 0 Å². The van der Waals surface area contributed by atoms with E-state index in [-0.39, 0.29) is 11.3 Å². The number of hydrogen-bond donors (Lipinski definition) is 2. The summed E-state index contributed by atoms with van der Waals surface area (Å²) in [5, 5.41) is 15.5. The van der Waals surface area contributed by atoms with Crippen LogP contribution in [0.3, 0.4) is 0 Å². The Morgan fingerprint density at radius 3 is 2.45 bits per heavy atom. The van der Waals surface area contributed by atoms with E-state index in [4.69, 9.17) is 4.99 Å². The standard InChI is InChI=1S/C21H37N7O/c1-16-25-26-18(28(16)4)14-22-20(24-17-10-6-5-7-11-17)23-15-21(12-8-9-13-21)19(29)27(2)3/h17H,5-15H2,1-4H3,(H2,22,23,24). The lowest BCUT2D eigenvalue weighted by atomic mass is 9.84. The maximum atomic E-state index is 12.9. The predicted molar refractivity (Wildman–Crippen MR) is 114 cm³/mol. The van der Waals surface area contributed by atoms with Gasteiger partial charge in [0.2, 0.25) is 5.91 Å². The second-order valence-electron chi connectivity index (χ2n) is 8.91. The summed E-state index contributed by atoms with van der Waals surface area (Å²) in [6, 6.07) is 0.445. The van der Waals surface area contributed by atoms with Crippen LogP contribution in [-0.2, 0) is 18.4 Å². The zero-order valence-electron chi connectivity index (χ0n) is 18.5. The fraction of sp³-hybridized carbons (Fsp3) is 0.810. The molecule has 0 aliphatic heterocycles. The van der Waals surface area contributed by atoms with Crippen molar-refractivity contribution in [1.82, 2.24) is 30.3 Å². The van der Waals surface area contributed by atoms with E-state index < -0.39 is 0 Å². The Morgan fingerprint density at radius 2 is 1.86 bits per heavy atom. The Hall–Kier alpha value is -2.12. The Labute approximate surface area is 174 Å². The smallest absolute Gasteiger partial charge is 0.230 e. The zero-order chi connectivity index (χ0) is 20.9. The molecule has 0 radical (unpaired) electrons. The van der Waals surface area contributed by atoms with Gasteiger partial charge in [0.05, 0.1) is 5.41 Å². The van der Waals surface area contributed by atoms with Crippen LogP contribution in [0, 0.1) is 12.3 Å². The summed E-state index contributed by atoms with van der Waals surface area (Å²) in [7, 11) is 5.67. The summed E-state index contributed by atoms with van der Waals surface area (Å²) >= 11 is 0. The minimum Gasteiger partial charge on any atom is -0.355 e. The number of nitrogens with one attached hydrogen (secondary N) is 2. The molecule has 8 heteroatoms. The van der Waals surface area contributed by atoms with Gasteiger partial charge in [-0.15, -0.1) is 10.2 Å². The number of aryl methyl sites for hydroxylation is 1. The SMILES string of the molecule is Cc1nnc(CN=C(NCC2(C(=O)N(C)C)CCCC2)NC2CCCCC2)n1C. The van der Waals surface area contributed by atoms with Crippen LogP contribution in [0.15, 0.2) is 4.99 Å². The second kappa shape index (κ2) is 9.59. The molecular formula is C21H37N7O.